The van der Waals surface area contributed by atoms with E-state index in [2.05, 4.69) is 26.0 Å². The molecule has 1 fully saturated rings. The molecule has 0 bridgehead atoms. The summed E-state index contributed by atoms with van der Waals surface area (Å²) in [5, 5.41) is 0. The summed E-state index contributed by atoms with van der Waals surface area (Å²) in [4.78, 5) is 11.5. The van der Waals surface area contributed by atoms with Crippen LogP contribution in [-0.2, 0) is 9.53 Å². The Morgan fingerprint density at radius 1 is 1.05 bits per heavy atom. The Morgan fingerprint density at radius 3 is 2.57 bits per heavy atom. The summed E-state index contributed by atoms with van der Waals surface area (Å²) in [5.74, 6) is 1.65. The molecule has 0 aromatic heterocycles. The van der Waals surface area contributed by atoms with Gasteiger partial charge in [-0.1, -0.05) is 51.7 Å². The molecule has 2 nitrogen and oxygen atoms in total. The van der Waals surface area contributed by atoms with E-state index in [1.165, 1.54) is 38.5 Å². The summed E-state index contributed by atoms with van der Waals surface area (Å²) in [6.45, 7) is 5.03. The first-order chi connectivity index (χ1) is 10.3. The van der Waals surface area contributed by atoms with Crippen LogP contribution in [0.25, 0.3) is 0 Å². The summed E-state index contributed by atoms with van der Waals surface area (Å²) < 4.78 is 5.30. The highest BCUT2D eigenvalue weighted by molar-refractivity contribution is 5.69. The number of hydrogen-bond donors (Lipinski definition) is 0. The predicted octanol–water partition coefficient (Wildman–Crippen LogP) is 5.66. The van der Waals surface area contributed by atoms with Gasteiger partial charge in [0.05, 0.1) is 6.61 Å². The van der Waals surface area contributed by atoms with Gasteiger partial charge in [0.1, 0.15) is 0 Å². The molecular weight excluding hydrogens is 260 g/mol. The summed E-state index contributed by atoms with van der Waals surface area (Å²) in [5.41, 5.74) is 0. The van der Waals surface area contributed by atoms with Crippen molar-refractivity contribution in [1.29, 1.82) is 0 Å². The van der Waals surface area contributed by atoms with Crippen molar-refractivity contribution in [2.45, 2.75) is 84.5 Å². The Labute approximate surface area is 131 Å². The van der Waals surface area contributed by atoms with Crippen LogP contribution in [0.3, 0.4) is 0 Å². The molecule has 0 amide bonds. The van der Waals surface area contributed by atoms with E-state index in [4.69, 9.17) is 4.74 Å². The Hall–Kier alpha value is -0.790. The SMILES string of the molecule is CCCCC/C=C\CC1CC1CCOC(=O)CCCCC. The van der Waals surface area contributed by atoms with Crippen LogP contribution in [0.5, 0.6) is 0 Å². The molecule has 0 heterocycles. The number of carbonyl (C=O) groups is 1. The highest BCUT2D eigenvalue weighted by atomic mass is 16.5. The van der Waals surface area contributed by atoms with Gasteiger partial charge in [0.15, 0.2) is 0 Å². The van der Waals surface area contributed by atoms with Crippen LogP contribution in [0.2, 0.25) is 0 Å². The van der Waals surface area contributed by atoms with Gasteiger partial charge in [-0.05, 0) is 50.4 Å². The van der Waals surface area contributed by atoms with E-state index >= 15 is 0 Å². The molecule has 122 valence electrons. The van der Waals surface area contributed by atoms with Crippen molar-refractivity contribution in [3.63, 3.8) is 0 Å². The van der Waals surface area contributed by atoms with E-state index in [1.807, 2.05) is 0 Å². The molecule has 1 rings (SSSR count). The van der Waals surface area contributed by atoms with Gasteiger partial charge in [-0.15, -0.1) is 0 Å². The summed E-state index contributed by atoms with van der Waals surface area (Å²) in [7, 11) is 0. The molecule has 21 heavy (non-hydrogen) atoms. The maximum Gasteiger partial charge on any atom is 0.305 e. The zero-order valence-electron chi connectivity index (χ0n) is 14.1. The Bertz CT molecular complexity index is 296. The normalized spacial score (nSPS) is 20.9. The van der Waals surface area contributed by atoms with Gasteiger partial charge < -0.3 is 4.74 Å². The fourth-order valence-electron chi connectivity index (χ4n) is 2.77. The second-order valence-corrected chi connectivity index (χ2v) is 6.43. The first-order valence-electron chi connectivity index (χ1n) is 9.08. The van der Waals surface area contributed by atoms with E-state index in [-0.39, 0.29) is 5.97 Å². The van der Waals surface area contributed by atoms with Gasteiger partial charge in [-0.3, -0.25) is 4.79 Å². The minimum absolute atomic E-state index is 0.00327. The molecular formula is C19H34O2. The van der Waals surface area contributed by atoms with Crippen LogP contribution in [0.15, 0.2) is 12.2 Å². The quantitative estimate of drug-likeness (QED) is 0.249. The number of ether oxygens (including phenoxy) is 1. The summed E-state index contributed by atoms with van der Waals surface area (Å²) in [6.07, 6.45) is 17.4. The third-order valence-electron chi connectivity index (χ3n) is 4.39. The van der Waals surface area contributed by atoms with Crippen molar-refractivity contribution in [3.05, 3.63) is 12.2 Å². The fraction of sp³-hybridized carbons (Fsp3) is 0.842. The second-order valence-electron chi connectivity index (χ2n) is 6.43. The van der Waals surface area contributed by atoms with Crippen molar-refractivity contribution in [2.24, 2.45) is 11.8 Å². The maximum absolute atomic E-state index is 11.5. The van der Waals surface area contributed by atoms with E-state index in [1.54, 1.807) is 0 Å². The molecule has 1 aliphatic carbocycles. The first kappa shape index (κ1) is 18.3. The molecule has 0 N–H and O–H groups in total. The lowest BCUT2D eigenvalue weighted by Gasteiger charge is -2.04. The fourth-order valence-corrected chi connectivity index (χ4v) is 2.77. The zero-order valence-corrected chi connectivity index (χ0v) is 14.1. The van der Waals surface area contributed by atoms with Gasteiger partial charge in [-0.25, -0.2) is 0 Å². The molecule has 2 unspecified atom stereocenters. The van der Waals surface area contributed by atoms with Crippen molar-refractivity contribution >= 4 is 5.97 Å². The number of esters is 1. The minimum Gasteiger partial charge on any atom is -0.466 e. The van der Waals surface area contributed by atoms with E-state index in [9.17, 15) is 4.79 Å². The van der Waals surface area contributed by atoms with Gasteiger partial charge >= 0.3 is 5.97 Å². The monoisotopic (exact) mass is 294 g/mol. The van der Waals surface area contributed by atoms with Gasteiger partial charge in [0.2, 0.25) is 0 Å². The highest BCUT2D eigenvalue weighted by Gasteiger charge is 2.35. The third-order valence-corrected chi connectivity index (χ3v) is 4.39. The van der Waals surface area contributed by atoms with Crippen LogP contribution in [0.1, 0.15) is 84.5 Å². The summed E-state index contributed by atoms with van der Waals surface area (Å²) in [6, 6.07) is 0. The van der Waals surface area contributed by atoms with Crippen molar-refractivity contribution < 1.29 is 9.53 Å². The first-order valence-corrected chi connectivity index (χ1v) is 9.08. The molecule has 1 aliphatic rings. The van der Waals surface area contributed by atoms with Crippen molar-refractivity contribution in [2.75, 3.05) is 6.61 Å². The average Bonchev–Trinajstić information content (AvgIpc) is 3.21. The van der Waals surface area contributed by atoms with Crippen LogP contribution in [-0.4, -0.2) is 12.6 Å². The van der Waals surface area contributed by atoms with Gasteiger partial charge in [0.25, 0.3) is 0 Å². The average molecular weight is 294 g/mol. The zero-order chi connectivity index (χ0) is 15.3. The molecule has 2 atom stereocenters. The second kappa shape index (κ2) is 11.8. The number of hydrogen-bond acceptors (Lipinski definition) is 2. The topological polar surface area (TPSA) is 26.3 Å². The number of carbonyl (C=O) groups excluding carboxylic acids is 1. The van der Waals surface area contributed by atoms with E-state index < -0.39 is 0 Å². The van der Waals surface area contributed by atoms with Crippen LogP contribution in [0.4, 0.5) is 0 Å². The van der Waals surface area contributed by atoms with E-state index in [0.29, 0.717) is 13.0 Å². The van der Waals surface area contributed by atoms with Crippen molar-refractivity contribution in [1.82, 2.24) is 0 Å². The van der Waals surface area contributed by atoms with Crippen LogP contribution >= 0.6 is 0 Å². The predicted molar refractivity (Wildman–Crippen MR) is 89.2 cm³/mol. The maximum atomic E-state index is 11.5. The lowest BCUT2D eigenvalue weighted by Crippen LogP contribution is -2.06. The standard InChI is InChI=1S/C19H34O2/c1-3-5-7-8-9-11-12-17-16-18(17)14-15-21-19(20)13-10-6-4-2/h9,11,17-18H,3-8,10,12-16H2,1-2H3/b11-9-. The molecule has 2 heteroatoms. The molecule has 1 saturated carbocycles. The Balaban J connectivity index is 1.91. The highest BCUT2D eigenvalue weighted by Crippen LogP contribution is 2.43. The largest absolute Gasteiger partial charge is 0.466 e. The molecule has 0 saturated heterocycles. The lowest BCUT2D eigenvalue weighted by atomic mass is 10.1. The number of unbranched alkanes of at least 4 members (excludes halogenated alkanes) is 5. The number of rotatable bonds is 13. The molecule has 0 aromatic rings. The van der Waals surface area contributed by atoms with Gasteiger partial charge in [0, 0.05) is 6.42 Å². The minimum atomic E-state index is -0.00327. The number of allylic oxidation sites excluding steroid dienone is 2. The third kappa shape index (κ3) is 9.71. The Morgan fingerprint density at radius 2 is 1.81 bits per heavy atom. The van der Waals surface area contributed by atoms with E-state index in [0.717, 1.165) is 37.5 Å². The molecule has 0 radical (unpaired) electrons. The Kier molecular flexibility index (Phi) is 10.3. The summed E-state index contributed by atoms with van der Waals surface area (Å²) >= 11 is 0. The van der Waals surface area contributed by atoms with Crippen LogP contribution in [0, 0.1) is 11.8 Å². The van der Waals surface area contributed by atoms with Gasteiger partial charge in [-0.2, -0.15) is 0 Å². The molecule has 0 spiro atoms. The lowest BCUT2D eigenvalue weighted by molar-refractivity contribution is -0.144. The van der Waals surface area contributed by atoms with Crippen LogP contribution < -0.4 is 0 Å². The smallest absolute Gasteiger partial charge is 0.305 e. The van der Waals surface area contributed by atoms with Crippen molar-refractivity contribution in [3.8, 4) is 0 Å². The molecule has 0 aliphatic heterocycles. The molecule has 0 aromatic carbocycles.